The van der Waals surface area contributed by atoms with Gasteiger partial charge in [-0.3, -0.25) is 0 Å². The number of hydrazine groups is 1. The van der Waals surface area contributed by atoms with E-state index in [1.54, 1.807) is 0 Å². The largest absolute Gasteiger partial charge is 0.236 e. The average molecular weight is 325 g/mol. The molecule has 0 bridgehead atoms. The van der Waals surface area contributed by atoms with Gasteiger partial charge in [0.05, 0.1) is 0 Å². The van der Waals surface area contributed by atoms with Gasteiger partial charge in [-0.05, 0) is 37.8 Å². The lowest BCUT2D eigenvalue weighted by molar-refractivity contribution is -0.101. The van der Waals surface area contributed by atoms with E-state index in [1.807, 2.05) is 0 Å². The van der Waals surface area contributed by atoms with Crippen molar-refractivity contribution in [3.63, 3.8) is 0 Å². The van der Waals surface area contributed by atoms with Crippen LogP contribution in [-0.4, -0.2) is 22.1 Å². The third-order valence-electron chi connectivity index (χ3n) is 4.83. The van der Waals surface area contributed by atoms with Gasteiger partial charge >= 0.3 is 0 Å². The molecule has 2 heteroatoms. The molecule has 0 aromatic heterocycles. The first kappa shape index (κ1) is 18.7. The summed E-state index contributed by atoms with van der Waals surface area (Å²) in [5.41, 5.74) is 2.73. The maximum Gasteiger partial charge on any atom is 0.0388 e. The molecule has 0 radical (unpaired) electrons. The van der Waals surface area contributed by atoms with Crippen molar-refractivity contribution in [3.05, 3.63) is 71.8 Å². The van der Waals surface area contributed by atoms with Gasteiger partial charge in [0.1, 0.15) is 0 Å². The second-order valence-corrected chi connectivity index (χ2v) is 6.69. The highest BCUT2D eigenvalue weighted by molar-refractivity contribution is 5.17. The first-order chi connectivity index (χ1) is 11.7. The molecule has 2 nitrogen and oxygen atoms in total. The minimum atomic E-state index is 0.535. The quantitative estimate of drug-likeness (QED) is 0.562. The van der Waals surface area contributed by atoms with Gasteiger partial charge in [0.25, 0.3) is 0 Å². The molecule has 0 fully saturated rings. The molecule has 130 valence electrons. The Balaban J connectivity index is 2.28. The van der Waals surface area contributed by atoms with Crippen LogP contribution < -0.4 is 0 Å². The fourth-order valence-electron chi connectivity index (χ4n) is 3.17. The summed E-state index contributed by atoms with van der Waals surface area (Å²) in [6, 6.07) is 22.7. The van der Waals surface area contributed by atoms with Gasteiger partial charge in [-0.25, -0.2) is 10.0 Å². The van der Waals surface area contributed by atoms with Crippen molar-refractivity contribution in [2.45, 2.75) is 65.7 Å². The Morgan fingerprint density at radius 1 is 0.667 bits per heavy atom. The van der Waals surface area contributed by atoms with Crippen LogP contribution in [0.2, 0.25) is 0 Å². The highest BCUT2D eigenvalue weighted by Crippen LogP contribution is 2.20. The zero-order chi connectivity index (χ0) is 17.4. The molecule has 2 unspecified atom stereocenters. The van der Waals surface area contributed by atoms with E-state index in [0.29, 0.717) is 12.1 Å². The molecule has 0 saturated heterocycles. The van der Waals surface area contributed by atoms with E-state index >= 15 is 0 Å². The summed E-state index contributed by atoms with van der Waals surface area (Å²) in [6.45, 7) is 11.1. The smallest absolute Gasteiger partial charge is 0.0388 e. The number of hydrogen-bond acceptors (Lipinski definition) is 2. The number of nitrogens with zero attached hydrogens (tertiary/aromatic N) is 2. The van der Waals surface area contributed by atoms with Crippen molar-refractivity contribution in [1.29, 1.82) is 0 Å². The zero-order valence-corrected chi connectivity index (χ0v) is 15.7. The fraction of sp³-hybridized carbons (Fsp3) is 0.455. The van der Waals surface area contributed by atoms with Gasteiger partial charge in [0, 0.05) is 25.2 Å². The van der Waals surface area contributed by atoms with Gasteiger partial charge < -0.3 is 0 Å². The first-order valence-corrected chi connectivity index (χ1v) is 9.26. The van der Waals surface area contributed by atoms with Crippen LogP contribution in [-0.2, 0) is 13.1 Å². The van der Waals surface area contributed by atoms with E-state index in [-0.39, 0.29) is 0 Å². The standard InChI is InChI=1S/C22H32N2/c1-5-19(3)24(20(4)6-2)23(17-21-13-9-7-10-14-21)18-22-15-11-8-12-16-22/h7-16,19-20H,5-6,17-18H2,1-4H3. The van der Waals surface area contributed by atoms with Crippen molar-refractivity contribution in [2.24, 2.45) is 0 Å². The van der Waals surface area contributed by atoms with Crippen LogP contribution in [0.3, 0.4) is 0 Å². The van der Waals surface area contributed by atoms with Gasteiger partial charge in [0.2, 0.25) is 0 Å². The Hall–Kier alpha value is -1.64. The second-order valence-electron chi connectivity index (χ2n) is 6.69. The number of benzene rings is 2. The van der Waals surface area contributed by atoms with Crippen LogP contribution in [0.4, 0.5) is 0 Å². The SMILES string of the molecule is CCC(C)N(C(C)CC)N(Cc1ccccc1)Cc1ccccc1. The molecule has 0 aliphatic rings. The van der Waals surface area contributed by atoms with Crippen LogP contribution >= 0.6 is 0 Å². The van der Waals surface area contributed by atoms with Gasteiger partial charge in [-0.15, -0.1) is 0 Å². The van der Waals surface area contributed by atoms with E-state index in [4.69, 9.17) is 0 Å². The van der Waals surface area contributed by atoms with Gasteiger partial charge in [-0.2, -0.15) is 0 Å². The van der Waals surface area contributed by atoms with Crippen molar-refractivity contribution < 1.29 is 0 Å². The molecular weight excluding hydrogens is 292 g/mol. The fourth-order valence-corrected chi connectivity index (χ4v) is 3.17. The van der Waals surface area contributed by atoms with Crippen LogP contribution in [0.25, 0.3) is 0 Å². The molecule has 2 rings (SSSR count). The van der Waals surface area contributed by atoms with Crippen LogP contribution in [0.5, 0.6) is 0 Å². The molecule has 0 heterocycles. The molecule has 0 saturated carbocycles. The van der Waals surface area contributed by atoms with E-state index in [9.17, 15) is 0 Å². The highest BCUT2D eigenvalue weighted by atomic mass is 15.6. The van der Waals surface area contributed by atoms with Gasteiger partial charge in [-0.1, -0.05) is 74.5 Å². The molecule has 0 amide bonds. The van der Waals surface area contributed by atoms with E-state index in [2.05, 4.69) is 98.4 Å². The first-order valence-electron chi connectivity index (χ1n) is 9.26. The Morgan fingerprint density at radius 3 is 1.38 bits per heavy atom. The normalized spacial score (nSPS) is 14.1. The predicted molar refractivity (Wildman–Crippen MR) is 103 cm³/mol. The summed E-state index contributed by atoms with van der Waals surface area (Å²) in [6.07, 6.45) is 2.31. The molecule has 2 aromatic rings. The van der Waals surface area contributed by atoms with Crippen molar-refractivity contribution >= 4 is 0 Å². The highest BCUT2D eigenvalue weighted by Gasteiger charge is 2.25. The second kappa shape index (κ2) is 9.61. The molecule has 0 N–H and O–H groups in total. The molecular formula is C22H32N2. The topological polar surface area (TPSA) is 6.48 Å². The van der Waals surface area contributed by atoms with Crippen LogP contribution in [0, 0.1) is 0 Å². The van der Waals surface area contributed by atoms with Gasteiger partial charge in [0.15, 0.2) is 0 Å². The summed E-state index contributed by atoms with van der Waals surface area (Å²) >= 11 is 0. The van der Waals surface area contributed by atoms with Crippen molar-refractivity contribution in [3.8, 4) is 0 Å². The Kier molecular flexibility index (Phi) is 7.48. The summed E-state index contributed by atoms with van der Waals surface area (Å²) in [5.74, 6) is 0. The molecule has 0 spiro atoms. The molecule has 2 atom stereocenters. The lowest BCUT2D eigenvalue weighted by Crippen LogP contribution is -2.51. The van der Waals surface area contributed by atoms with E-state index in [0.717, 1.165) is 25.9 Å². The third-order valence-corrected chi connectivity index (χ3v) is 4.83. The summed E-state index contributed by atoms with van der Waals surface area (Å²) in [5, 5.41) is 5.13. The minimum Gasteiger partial charge on any atom is -0.236 e. The maximum absolute atomic E-state index is 2.60. The summed E-state index contributed by atoms with van der Waals surface area (Å²) in [4.78, 5) is 0. The number of hydrogen-bond donors (Lipinski definition) is 0. The summed E-state index contributed by atoms with van der Waals surface area (Å²) in [7, 11) is 0. The van der Waals surface area contributed by atoms with E-state index in [1.165, 1.54) is 11.1 Å². The monoisotopic (exact) mass is 324 g/mol. The van der Waals surface area contributed by atoms with Crippen molar-refractivity contribution in [1.82, 2.24) is 10.0 Å². The lowest BCUT2D eigenvalue weighted by Gasteiger charge is -2.43. The van der Waals surface area contributed by atoms with Crippen molar-refractivity contribution in [2.75, 3.05) is 0 Å². The van der Waals surface area contributed by atoms with Crippen LogP contribution in [0.1, 0.15) is 51.7 Å². The maximum atomic E-state index is 2.60. The minimum absolute atomic E-state index is 0.535. The third kappa shape index (κ3) is 5.19. The summed E-state index contributed by atoms with van der Waals surface area (Å²) < 4.78 is 0. The molecule has 0 aliphatic heterocycles. The van der Waals surface area contributed by atoms with E-state index < -0.39 is 0 Å². The molecule has 2 aromatic carbocycles. The Morgan fingerprint density at radius 2 is 1.04 bits per heavy atom. The Labute approximate surface area is 148 Å². The predicted octanol–water partition coefficient (Wildman–Crippen LogP) is 5.50. The number of rotatable bonds is 9. The lowest BCUT2D eigenvalue weighted by atomic mass is 10.1. The molecule has 0 aliphatic carbocycles. The molecule has 24 heavy (non-hydrogen) atoms. The Bertz CT molecular complexity index is 516. The van der Waals surface area contributed by atoms with Crippen LogP contribution in [0.15, 0.2) is 60.7 Å². The average Bonchev–Trinajstić information content (AvgIpc) is 2.63. The zero-order valence-electron chi connectivity index (χ0n) is 15.7.